The molecule has 0 spiro atoms. The van der Waals surface area contributed by atoms with Crippen molar-refractivity contribution in [3.05, 3.63) is 87.2 Å². The van der Waals surface area contributed by atoms with E-state index in [0.29, 0.717) is 10.6 Å². The summed E-state index contributed by atoms with van der Waals surface area (Å²) in [5, 5.41) is 4.87. The maximum Gasteiger partial charge on any atom is 0.282 e. The lowest BCUT2D eigenvalue weighted by molar-refractivity contribution is -0.120. The second-order valence-electron chi connectivity index (χ2n) is 6.77. The Balaban J connectivity index is 1.81. The summed E-state index contributed by atoms with van der Waals surface area (Å²) in [4.78, 5) is 27.8. The molecule has 0 saturated heterocycles. The van der Waals surface area contributed by atoms with Gasteiger partial charge in [-0.25, -0.2) is 13.7 Å². The highest BCUT2D eigenvalue weighted by Gasteiger charge is 2.41. The van der Waals surface area contributed by atoms with E-state index in [-0.39, 0.29) is 17.0 Å². The first kappa shape index (κ1) is 19.0. The van der Waals surface area contributed by atoms with E-state index >= 15 is 0 Å². The van der Waals surface area contributed by atoms with E-state index in [9.17, 15) is 18.4 Å². The lowest BCUT2D eigenvalue weighted by Gasteiger charge is -2.15. The molecule has 0 unspecified atom stereocenters. The number of halogens is 2. The van der Waals surface area contributed by atoms with E-state index in [1.165, 1.54) is 17.4 Å². The fraction of sp³-hybridized carbons (Fsp3) is 0.0909. The average molecular weight is 410 g/mol. The van der Waals surface area contributed by atoms with Gasteiger partial charge in [0.15, 0.2) is 11.6 Å². The summed E-state index contributed by atoms with van der Waals surface area (Å²) < 4.78 is 27.1. The van der Waals surface area contributed by atoms with Crippen LogP contribution in [0.4, 0.5) is 20.2 Å². The fourth-order valence-electron chi connectivity index (χ4n) is 3.34. The summed E-state index contributed by atoms with van der Waals surface area (Å²) in [6.45, 7) is 3.87. The van der Waals surface area contributed by atoms with Crippen molar-refractivity contribution in [3.63, 3.8) is 0 Å². The molecular formula is C22H16F2N2O2S. The van der Waals surface area contributed by atoms with E-state index in [1.807, 2.05) is 32.0 Å². The van der Waals surface area contributed by atoms with Crippen molar-refractivity contribution in [2.24, 2.45) is 0 Å². The molecule has 0 fully saturated rings. The van der Waals surface area contributed by atoms with Gasteiger partial charge in [-0.2, -0.15) is 0 Å². The van der Waals surface area contributed by atoms with Crippen molar-refractivity contribution in [2.75, 3.05) is 10.2 Å². The predicted molar refractivity (Wildman–Crippen MR) is 110 cm³/mol. The number of benzene rings is 2. The number of nitrogens with zero attached hydrogens (tertiary/aromatic N) is 1. The van der Waals surface area contributed by atoms with E-state index < -0.39 is 23.4 Å². The van der Waals surface area contributed by atoms with Crippen LogP contribution in [0.15, 0.2) is 59.6 Å². The minimum Gasteiger partial charge on any atom is -0.350 e. The molecule has 2 heterocycles. The van der Waals surface area contributed by atoms with E-state index in [2.05, 4.69) is 5.32 Å². The molecular weight excluding hydrogens is 394 g/mol. The molecule has 1 aliphatic rings. The Labute approximate surface area is 170 Å². The molecule has 0 bridgehead atoms. The van der Waals surface area contributed by atoms with Gasteiger partial charge in [0.05, 0.1) is 11.3 Å². The van der Waals surface area contributed by atoms with Gasteiger partial charge in [0, 0.05) is 16.6 Å². The Morgan fingerprint density at radius 3 is 2.24 bits per heavy atom. The zero-order chi connectivity index (χ0) is 20.7. The molecule has 1 aromatic heterocycles. The monoisotopic (exact) mass is 410 g/mol. The second-order valence-corrected chi connectivity index (χ2v) is 7.72. The number of carbonyl (C=O) groups is 2. The Kier molecular flexibility index (Phi) is 4.76. The van der Waals surface area contributed by atoms with E-state index in [4.69, 9.17) is 0 Å². The normalized spacial score (nSPS) is 14.1. The smallest absolute Gasteiger partial charge is 0.282 e. The summed E-state index contributed by atoms with van der Waals surface area (Å²) in [5.41, 5.74) is 2.95. The number of imide groups is 1. The van der Waals surface area contributed by atoms with Crippen LogP contribution in [-0.4, -0.2) is 11.8 Å². The fourth-order valence-corrected chi connectivity index (χ4v) is 4.11. The molecule has 0 radical (unpaired) electrons. The van der Waals surface area contributed by atoms with Gasteiger partial charge >= 0.3 is 0 Å². The molecule has 4 nitrogen and oxygen atoms in total. The molecule has 3 aromatic rings. The van der Waals surface area contributed by atoms with Crippen LogP contribution in [-0.2, 0) is 9.59 Å². The third-order valence-electron chi connectivity index (χ3n) is 4.50. The van der Waals surface area contributed by atoms with Gasteiger partial charge in [-0.1, -0.05) is 12.1 Å². The van der Waals surface area contributed by atoms with Crippen LogP contribution in [0.3, 0.4) is 0 Å². The van der Waals surface area contributed by atoms with Crippen LogP contribution >= 0.6 is 11.3 Å². The standard InChI is InChI=1S/C22H16F2N2O2S/c1-12-8-13(2)10-14(9-12)25-20-19(18-4-3-7-29-18)21(27)26(22(20)28)15-5-6-16(23)17(24)11-15/h3-11,25H,1-2H3. The Bertz CT molecular complexity index is 1150. The topological polar surface area (TPSA) is 49.4 Å². The number of aryl methyl sites for hydroxylation is 2. The summed E-state index contributed by atoms with van der Waals surface area (Å²) >= 11 is 1.32. The minimum absolute atomic E-state index is 0.0230. The Morgan fingerprint density at radius 1 is 0.897 bits per heavy atom. The third kappa shape index (κ3) is 3.45. The largest absolute Gasteiger partial charge is 0.350 e. The highest BCUT2D eigenvalue weighted by molar-refractivity contribution is 7.11. The number of hydrogen-bond donors (Lipinski definition) is 1. The lowest BCUT2D eigenvalue weighted by Crippen LogP contribution is -2.32. The molecule has 2 aromatic carbocycles. The number of hydrogen-bond acceptors (Lipinski definition) is 4. The quantitative estimate of drug-likeness (QED) is 0.613. The summed E-state index contributed by atoms with van der Waals surface area (Å²) in [6.07, 6.45) is 0. The second kappa shape index (κ2) is 7.25. The average Bonchev–Trinajstić information content (AvgIpc) is 3.24. The number of anilines is 2. The summed E-state index contributed by atoms with van der Waals surface area (Å²) in [5.74, 6) is -3.39. The molecule has 2 amide bonds. The van der Waals surface area contributed by atoms with Crippen molar-refractivity contribution in [1.29, 1.82) is 0 Å². The first-order chi connectivity index (χ1) is 13.8. The van der Waals surface area contributed by atoms with Crippen LogP contribution < -0.4 is 10.2 Å². The van der Waals surface area contributed by atoms with Crippen LogP contribution in [0.1, 0.15) is 16.0 Å². The Hall–Kier alpha value is -3.32. The van der Waals surface area contributed by atoms with Crippen LogP contribution in [0.2, 0.25) is 0 Å². The number of thiophene rings is 1. The molecule has 7 heteroatoms. The van der Waals surface area contributed by atoms with Gasteiger partial charge in [-0.05, 0) is 60.7 Å². The molecule has 1 aliphatic heterocycles. The first-order valence-electron chi connectivity index (χ1n) is 8.82. The van der Waals surface area contributed by atoms with Gasteiger partial charge in [0.1, 0.15) is 5.70 Å². The summed E-state index contributed by atoms with van der Waals surface area (Å²) in [7, 11) is 0. The molecule has 29 heavy (non-hydrogen) atoms. The predicted octanol–water partition coefficient (Wildman–Crippen LogP) is 5.04. The summed E-state index contributed by atoms with van der Waals surface area (Å²) in [6, 6.07) is 12.2. The third-order valence-corrected chi connectivity index (χ3v) is 5.39. The Morgan fingerprint density at radius 2 is 1.62 bits per heavy atom. The maximum atomic E-state index is 13.7. The zero-order valence-electron chi connectivity index (χ0n) is 15.6. The van der Waals surface area contributed by atoms with Gasteiger partial charge in [0.2, 0.25) is 0 Å². The molecule has 146 valence electrons. The maximum absolute atomic E-state index is 13.7. The molecule has 1 N–H and O–H groups in total. The number of carbonyl (C=O) groups excluding carboxylic acids is 2. The van der Waals surface area contributed by atoms with Gasteiger partial charge in [-0.15, -0.1) is 11.3 Å². The SMILES string of the molecule is Cc1cc(C)cc(NC2=C(c3cccs3)C(=O)N(c3ccc(F)c(F)c3)C2=O)c1. The molecule has 0 aliphatic carbocycles. The van der Waals surface area contributed by atoms with Gasteiger partial charge in [-0.3, -0.25) is 9.59 Å². The number of amides is 2. The van der Waals surface area contributed by atoms with Crippen LogP contribution in [0, 0.1) is 25.5 Å². The number of nitrogens with one attached hydrogen (secondary N) is 1. The van der Waals surface area contributed by atoms with Gasteiger partial charge < -0.3 is 5.32 Å². The van der Waals surface area contributed by atoms with E-state index in [0.717, 1.165) is 28.2 Å². The minimum atomic E-state index is -1.13. The van der Waals surface area contributed by atoms with Crippen molar-refractivity contribution in [1.82, 2.24) is 0 Å². The van der Waals surface area contributed by atoms with Gasteiger partial charge in [0.25, 0.3) is 11.8 Å². The molecule has 4 rings (SSSR count). The molecule has 0 atom stereocenters. The number of rotatable bonds is 4. The van der Waals surface area contributed by atoms with Crippen molar-refractivity contribution < 1.29 is 18.4 Å². The lowest BCUT2D eigenvalue weighted by atomic mass is 10.1. The van der Waals surface area contributed by atoms with Crippen molar-refractivity contribution >= 4 is 40.1 Å². The molecule has 0 saturated carbocycles. The van der Waals surface area contributed by atoms with Crippen LogP contribution in [0.5, 0.6) is 0 Å². The van der Waals surface area contributed by atoms with Crippen molar-refractivity contribution in [3.8, 4) is 0 Å². The van der Waals surface area contributed by atoms with Crippen LogP contribution in [0.25, 0.3) is 5.57 Å². The first-order valence-corrected chi connectivity index (χ1v) is 9.70. The highest BCUT2D eigenvalue weighted by Crippen LogP contribution is 2.36. The van der Waals surface area contributed by atoms with Crippen molar-refractivity contribution in [2.45, 2.75) is 13.8 Å². The van der Waals surface area contributed by atoms with E-state index in [1.54, 1.807) is 17.5 Å². The zero-order valence-corrected chi connectivity index (χ0v) is 16.4. The highest BCUT2D eigenvalue weighted by atomic mass is 32.1.